The van der Waals surface area contributed by atoms with Crippen LogP contribution < -0.4 is 0 Å². The number of nitrogens with zero attached hydrogens (tertiary/aromatic N) is 2. The molecule has 0 spiro atoms. The first-order chi connectivity index (χ1) is 9.65. The van der Waals surface area contributed by atoms with Crippen molar-refractivity contribution in [2.24, 2.45) is 0 Å². The summed E-state index contributed by atoms with van der Waals surface area (Å²) < 4.78 is 14.5. The topological polar surface area (TPSA) is 33.2 Å². The number of pyridine rings is 1. The highest BCUT2D eigenvalue weighted by atomic mass is 79.9. The average molecular weight is 335 g/mol. The van der Waals surface area contributed by atoms with Gasteiger partial charge >= 0.3 is 0 Å². The maximum absolute atomic E-state index is 13.9. The molecule has 0 bridgehead atoms. The molecule has 1 aliphatic heterocycles. The highest BCUT2D eigenvalue weighted by molar-refractivity contribution is 9.10. The minimum absolute atomic E-state index is 0.112. The van der Waals surface area contributed by atoms with Crippen LogP contribution in [0, 0.1) is 5.82 Å². The van der Waals surface area contributed by atoms with E-state index in [4.69, 9.17) is 0 Å². The number of hydrogen-bond donors (Lipinski definition) is 0. The molecule has 2 aromatic rings. The standard InChI is InChI=1S/C15H12BrFN2O/c16-11-3-4-12(13(17)8-11)15(20)19-7-5-14-10(9-19)2-1-6-18-14/h1-4,6,8H,5,7,9H2. The molecule has 1 aromatic carbocycles. The Morgan fingerprint density at radius 1 is 1.35 bits per heavy atom. The molecule has 3 nitrogen and oxygen atoms in total. The van der Waals surface area contributed by atoms with E-state index in [9.17, 15) is 9.18 Å². The second-order valence-electron chi connectivity index (χ2n) is 4.71. The van der Waals surface area contributed by atoms with Gasteiger partial charge in [0.1, 0.15) is 5.82 Å². The van der Waals surface area contributed by atoms with E-state index in [0.717, 1.165) is 11.3 Å². The molecule has 0 aliphatic carbocycles. The fourth-order valence-electron chi connectivity index (χ4n) is 2.37. The van der Waals surface area contributed by atoms with Crippen LogP contribution >= 0.6 is 15.9 Å². The lowest BCUT2D eigenvalue weighted by Crippen LogP contribution is -2.36. The molecule has 5 heteroatoms. The Morgan fingerprint density at radius 2 is 2.20 bits per heavy atom. The summed E-state index contributed by atoms with van der Waals surface area (Å²) in [6.07, 6.45) is 2.46. The van der Waals surface area contributed by atoms with Gasteiger partial charge in [0.05, 0.1) is 5.56 Å². The van der Waals surface area contributed by atoms with Crippen LogP contribution in [0.25, 0.3) is 0 Å². The maximum atomic E-state index is 13.9. The van der Waals surface area contributed by atoms with E-state index in [1.807, 2.05) is 12.1 Å². The van der Waals surface area contributed by atoms with Crippen molar-refractivity contribution in [3.05, 3.63) is 63.6 Å². The van der Waals surface area contributed by atoms with Crippen LogP contribution in [-0.2, 0) is 13.0 Å². The predicted molar refractivity (Wildman–Crippen MR) is 76.8 cm³/mol. The Kier molecular flexibility index (Phi) is 3.53. The first kappa shape index (κ1) is 13.2. The SMILES string of the molecule is O=C(c1ccc(Br)cc1F)N1CCc2ncccc2C1. The second kappa shape index (κ2) is 5.32. The summed E-state index contributed by atoms with van der Waals surface area (Å²) in [5, 5.41) is 0. The summed E-state index contributed by atoms with van der Waals surface area (Å²) >= 11 is 3.19. The molecular formula is C15H12BrFN2O. The molecule has 0 atom stereocenters. The molecule has 1 aromatic heterocycles. The van der Waals surface area contributed by atoms with E-state index in [-0.39, 0.29) is 11.5 Å². The van der Waals surface area contributed by atoms with Crippen LogP contribution in [-0.4, -0.2) is 22.3 Å². The van der Waals surface area contributed by atoms with Gasteiger partial charge in [-0.2, -0.15) is 0 Å². The summed E-state index contributed by atoms with van der Waals surface area (Å²) in [6.45, 7) is 1.05. The number of halogens is 2. The smallest absolute Gasteiger partial charge is 0.257 e. The van der Waals surface area contributed by atoms with Crippen LogP contribution in [0.5, 0.6) is 0 Å². The molecule has 2 heterocycles. The van der Waals surface area contributed by atoms with Crippen molar-refractivity contribution in [2.45, 2.75) is 13.0 Å². The summed E-state index contributed by atoms with van der Waals surface area (Å²) in [4.78, 5) is 18.4. The van der Waals surface area contributed by atoms with Crippen molar-refractivity contribution in [1.29, 1.82) is 0 Å². The molecule has 1 amide bonds. The minimum atomic E-state index is -0.499. The molecule has 0 fully saturated rings. The highest BCUT2D eigenvalue weighted by Crippen LogP contribution is 2.21. The Bertz CT molecular complexity index is 675. The van der Waals surface area contributed by atoms with E-state index in [1.54, 1.807) is 17.2 Å². The molecule has 20 heavy (non-hydrogen) atoms. The van der Waals surface area contributed by atoms with Gasteiger partial charge in [-0.15, -0.1) is 0 Å². The zero-order valence-electron chi connectivity index (χ0n) is 10.6. The lowest BCUT2D eigenvalue weighted by molar-refractivity contribution is 0.0729. The van der Waals surface area contributed by atoms with Gasteiger partial charge in [0.2, 0.25) is 0 Å². The first-order valence-electron chi connectivity index (χ1n) is 6.32. The minimum Gasteiger partial charge on any atom is -0.334 e. The van der Waals surface area contributed by atoms with E-state index < -0.39 is 5.82 Å². The summed E-state index contributed by atoms with van der Waals surface area (Å²) in [5.41, 5.74) is 2.16. The largest absolute Gasteiger partial charge is 0.334 e. The van der Waals surface area contributed by atoms with Gasteiger partial charge in [-0.05, 0) is 29.8 Å². The van der Waals surface area contributed by atoms with Gasteiger partial charge in [0, 0.05) is 35.9 Å². The van der Waals surface area contributed by atoms with Crippen molar-refractivity contribution in [3.8, 4) is 0 Å². The highest BCUT2D eigenvalue weighted by Gasteiger charge is 2.24. The lowest BCUT2D eigenvalue weighted by Gasteiger charge is -2.28. The molecule has 0 radical (unpaired) electrons. The first-order valence-corrected chi connectivity index (χ1v) is 7.11. The van der Waals surface area contributed by atoms with Crippen LogP contribution in [0.15, 0.2) is 41.0 Å². The van der Waals surface area contributed by atoms with Gasteiger partial charge in [0.15, 0.2) is 0 Å². The lowest BCUT2D eigenvalue weighted by atomic mass is 10.0. The van der Waals surface area contributed by atoms with E-state index in [2.05, 4.69) is 20.9 Å². The quantitative estimate of drug-likeness (QED) is 0.802. The Balaban J connectivity index is 1.86. The molecular weight excluding hydrogens is 323 g/mol. The van der Waals surface area contributed by atoms with Crippen LogP contribution in [0.4, 0.5) is 4.39 Å². The number of amides is 1. The Hall–Kier alpha value is -1.75. The van der Waals surface area contributed by atoms with Crippen molar-refractivity contribution in [3.63, 3.8) is 0 Å². The van der Waals surface area contributed by atoms with Gasteiger partial charge in [0.25, 0.3) is 5.91 Å². The third-order valence-corrected chi connectivity index (χ3v) is 3.91. The van der Waals surface area contributed by atoms with Crippen LogP contribution in [0.3, 0.4) is 0 Å². The van der Waals surface area contributed by atoms with Crippen molar-refractivity contribution < 1.29 is 9.18 Å². The number of benzene rings is 1. The predicted octanol–water partition coefficient (Wildman–Crippen LogP) is 3.18. The molecule has 0 saturated carbocycles. The fraction of sp³-hybridized carbons (Fsp3) is 0.200. The molecule has 0 unspecified atom stereocenters. The number of hydrogen-bond acceptors (Lipinski definition) is 2. The third-order valence-electron chi connectivity index (χ3n) is 3.41. The van der Waals surface area contributed by atoms with Gasteiger partial charge < -0.3 is 4.90 Å². The van der Waals surface area contributed by atoms with Gasteiger partial charge in [-0.25, -0.2) is 4.39 Å². The zero-order valence-corrected chi connectivity index (χ0v) is 12.2. The maximum Gasteiger partial charge on any atom is 0.257 e. The molecule has 0 saturated heterocycles. The van der Waals surface area contributed by atoms with Crippen LogP contribution in [0.2, 0.25) is 0 Å². The zero-order chi connectivity index (χ0) is 14.1. The van der Waals surface area contributed by atoms with E-state index in [1.165, 1.54) is 12.1 Å². The third kappa shape index (κ3) is 2.45. The van der Waals surface area contributed by atoms with Crippen molar-refractivity contribution in [2.75, 3.05) is 6.54 Å². The van der Waals surface area contributed by atoms with E-state index >= 15 is 0 Å². The monoisotopic (exact) mass is 334 g/mol. The molecule has 1 aliphatic rings. The summed E-state index contributed by atoms with van der Waals surface area (Å²) in [7, 11) is 0. The Morgan fingerprint density at radius 3 is 3.00 bits per heavy atom. The second-order valence-corrected chi connectivity index (χ2v) is 5.63. The number of carbonyl (C=O) groups is 1. The van der Waals surface area contributed by atoms with Crippen LogP contribution in [0.1, 0.15) is 21.6 Å². The van der Waals surface area contributed by atoms with Gasteiger partial charge in [-0.1, -0.05) is 22.0 Å². The average Bonchev–Trinajstić information content (AvgIpc) is 2.46. The normalized spacial score (nSPS) is 14.0. The number of fused-ring (bicyclic) bond motifs is 1. The number of carbonyl (C=O) groups excluding carboxylic acids is 1. The van der Waals surface area contributed by atoms with Crippen molar-refractivity contribution >= 4 is 21.8 Å². The Labute approximate surface area is 124 Å². The molecule has 0 N–H and O–H groups in total. The summed E-state index contributed by atoms with van der Waals surface area (Å²) in [6, 6.07) is 8.32. The molecule has 3 rings (SSSR count). The fourth-order valence-corrected chi connectivity index (χ4v) is 2.71. The summed E-state index contributed by atoms with van der Waals surface area (Å²) in [5.74, 6) is -0.772. The van der Waals surface area contributed by atoms with Gasteiger partial charge in [-0.3, -0.25) is 9.78 Å². The number of rotatable bonds is 1. The number of aromatic nitrogens is 1. The van der Waals surface area contributed by atoms with Crippen molar-refractivity contribution in [1.82, 2.24) is 9.88 Å². The van der Waals surface area contributed by atoms with E-state index in [0.29, 0.717) is 24.0 Å². The molecule has 102 valence electrons.